The van der Waals surface area contributed by atoms with Gasteiger partial charge in [0, 0.05) is 31.5 Å². The number of hydrogen-bond donors (Lipinski definition) is 0. The maximum Gasteiger partial charge on any atom is 0.260 e. The van der Waals surface area contributed by atoms with E-state index in [0.29, 0.717) is 6.04 Å². The third-order valence-corrected chi connectivity index (χ3v) is 4.47. The van der Waals surface area contributed by atoms with Crippen molar-refractivity contribution < 1.29 is 9.53 Å². The van der Waals surface area contributed by atoms with Gasteiger partial charge in [0.05, 0.1) is 6.33 Å². The Bertz CT molecular complexity index is 631. The number of piperidine rings is 1. The summed E-state index contributed by atoms with van der Waals surface area (Å²) in [5.41, 5.74) is 1.14. The van der Waals surface area contributed by atoms with Gasteiger partial charge in [-0.05, 0) is 30.9 Å². The highest BCUT2D eigenvalue weighted by atomic mass is 16.5. The Labute approximate surface area is 136 Å². The van der Waals surface area contributed by atoms with Crippen molar-refractivity contribution >= 4 is 5.91 Å². The summed E-state index contributed by atoms with van der Waals surface area (Å²) in [6.45, 7) is 3.76. The van der Waals surface area contributed by atoms with Crippen LogP contribution in [0.2, 0.25) is 0 Å². The van der Waals surface area contributed by atoms with Crippen LogP contribution in [0.4, 0.5) is 0 Å². The summed E-state index contributed by atoms with van der Waals surface area (Å²) in [6, 6.07) is 8.35. The predicted octanol–water partition coefficient (Wildman–Crippen LogP) is 2.69. The number of aryl methyl sites for hydroxylation is 1. The van der Waals surface area contributed by atoms with Crippen LogP contribution in [0.5, 0.6) is 5.75 Å². The summed E-state index contributed by atoms with van der Waals surface area (Å²) < 4.78 is 7.87. The molecular formula is C18H23N3O2. The number of carbonyl (C=O) groups is 1. The molecule has 0 unspecified atom stereocenters. The lowest BCUT2D eigenvalue weighted by Crippen LogP contribution is -2.41. The van der Waals surface area contributed by atoms with Gasteiger partial charge in [-0.2, -0.15) is 0 Å². The topological polar surface area (TPSA) is 47.4 Å². The van der Waals surface area contributed by atoms with Crippen LogP contribution in [0.25, 0.3) is 0 Å². The Balaban J connectivity index is 1.50. The quantitative estimate of drug-likeness (QED) is 0.852. The van der Waals surface area contributed by atoms with E-state index in [9.17, 15) is 4.79 Å². The van der Waals surface area contributed by atoms with Crippen molar-refractivity contribution in [2.45, 2.75) is 32.2 Å². The summed E-state index contributed by atoms with van der Waals surface area (Å²) in [5, 5.41) is 0. The van der Waals surface area contributed by atoms with Crippen LogP contribution in [-0.4, -0.2) is 40.1 Å². The first-order valence-corrected chi connectivity index (χ1v) is 8.24. The number of carbonyl (C=O) groups excluding carboxylic acids is 1. The Hall–Kier alpha value is -2.30. The zero-order chi connectivity index (χ0) is 16.1. The summed E-state index contributed by atoms with van der Waals surface area (Å²) in [7, 11) is 0. The third kappa shape index (κ3) is 3.73. The molecule has 23 heavy (non-hydrogen) atoms. The Morgan fingerprint density at radius 2 is 2.09 bits per heavy atom. The molecule has 0 saturated carbocycles. The van der Waals surface area contributed by atoms with E-state index < -0.39 is 0 Å². The number of nitrogens with zero attached hydrogens (tertiary/aromatic N) is 3. The van der Waals surface area contributed by atoms with Gasteiger partial charge in [-0.1, -0.05) is 25.1 Å². The molecule has 1 aliphatic rings. The Kier molecular flexibility index (Phi) is 4.95. The molecule has 2 heterocycles. The van der Waals surface area contributed by atoms with Crippen LogP contribution < -0.4 is 4.74 Å². The molecule has 0 N–H and O–H groups in total. The summed E-state index contributed by atoms with van der Waals surface area (Å²) >= 11 is 0. The third-order valence-electron chi connectivity index (χ3n) is 4.47. The van der Waals surface area contributed by atoms with Crippen molar-refractivity contribution in [2.75, 3.05) is 19.7 Å². The summed E-state index contributed by atoms with van der Waals surface area (Å²) in [6.07, 6.45) is 8.48. The van der Waals surface area contributed by atoms with Gasteiger partial charge in [0.2, 0.25) is 0 Å². The van der Waals surface area contributed by atoms with Crippen LogP contribution in [0, 0.1) is 0 Å². The number of ether oxygens (including phenoxy) is 1. The van der Waals surface area contributed by atoms with Crippen LogP contribution >= 0.6 is 0 Å². The number of benzene rings is 1. The van der Waals surface area contributed by atoms with Gasteiger partial charge in [-0.25, -0.2) is 4.98 Å². The van der Waals surface area contributed by atoms with Gasteiger partial charge in [-0.15, -0.1) is 0 Å². The first-order valence-electron chi connectivity index (χ1n) is 8.24. The van der Waals surface area contributed by atoms with Crippen molar-refractivity contribution in [1.29, 1.82) is 0 Å². The van der Waals surface area contributed by atoms with Gasteiger partial charge in [-0.3, -0.25) is 4.79 Å². The minimum atomic E-state index is 0.0694. The molecule has 0 bridgehead atoms. The smallest absolute Gasteiger partial charge is 0.260 e. The van der Waals surface area contributed by atoms with Crippen molar-refractivity contribution in [3.8, 4) is 5.75 Å². The standard InChI is InChI=1S/C18H23N3O2/c1-2-15-5-3-4-6-17(15)23-13-18(22)20-10-7-16(8-11-20)21-12-9-19-14-21/h3-6,9,12,14,16H,2,7-8,10-11,13H2,1H3. The van der Waals surface area contributed by atoms with Crippen LogP contribution in [0.15, 0.2) is 43.0 Å². The Morgan fingerprint density at radius 1 is 1.30 bits per heavy atom. The fourth-order valence-electron chi connectivity index (χ4n) is 3.07. The van der Waals surface area contributed by atoms with E-state index in [1.807, 2.05) is 41.7 Å². The van der Waals surface area contributed by atoms with Crippen molar-refractivity contribution in [3.05, 3.63) is 48.5 Å². The second-order valence-corrected chi connectivity index (χ2v) is 5.87. The lowest BCUT2D eigenvalue weighted by atomic mass is 10.1. The number of imidazole rings is 1. The maximum absolute atomic E-state index is 12.3. The molecule has 5 nitrogen and oxygen atoms in total. The van der Waals surface area contributed by atoms with Crippen LogP contribution in [0.3, 0.4) is 0 Å². The molecular weight excluding hydrogens is 290 g/mol. The molecule has 1 aromatic carbocycles. The molecule has 0 atom stereocenters. The molecule has 122 valence electrons. The zero-order valence-corrected chi connectivity index (χ0v) is 13.5. The lowest BCUT2D eigenvalue weighted by Gasteiger charge is -2.32. The molecule has 3 rings (SSSR count). The molecule has 1 aliphatic heterocycles. The maximum atomic E-state index is 12.3. The van der Waals surface area contributed by atoms with Crippen LogP contribution in [0.1, 0.15) is 31.4 Å². The molecule has 0 radical (unpaired) electrons. The number of amides is 1. The first-order chi connectivity index (χ1) is 11.3. The second-order valence-electron chi connectivity index (χ2n) is 5.87. The highest BCUT2D eigenvalue weighted by Crippen LogP contribution is 2.22. The highest BCUT2D eigenvalue weighted by Gasteiger charge is 2.23. The molecule has 1 amide bonds. The van der Waals surface area contributed by atoms with E-state index in [2.05, 4.69) is 16.5 Å². The van der Waals surface area contributed by atoms with E-state index in [0.717, 1.165) is 43.7 Å². The summed E-state index contributed by atoms with van der Waals surface area (Å²) in [5.74, 6) is 0.886. The Morgan fingerprint density at radius 3 is 2.78 bits per heavy atom. The van der Waals surface area contributed by atoms with E-state index in [1.54, 1.807) is 6.20 Å². The lowest BCUT2D eigenvalue weighted by molar-refractivity contribution is -0.134. The highest BCUT2D eigenvalue weighted by molar-refractivity contribution is 5.77. The monoisotopic (exact) mass is 313 g/mol. The molecule has 1 aromatic heterocycles. The van der Waals surface area contributed by atoms with Crippen molar-refractivity contribution in [2.24, 2.45) is 0 Å². The number of hydrogen-bond acceptors (Lipinski definition) is 3. The van der Waals surface area contributed by atoms with Crippen molar-refractivity contribution in [1.82, 2.24) is 14.5 Å². The van der Waals surface area contributed by atoms with Gasteiger partial charge in [0.25, 0.3) is 5.91 Å². The fraction of sp³-hybridized carbons (Fsp3) is 0.444. The zero-order valence-electron chi connectivity index (χ0n) is 13.5. The van der Waals surface area contributed by atoms with Gasteiger partial charge in [0.15, 0.2) is 6.61 Å². The normalized spacial score (nSPS) is 15.6. The van der Waals surface area contributed by atoms with E-state index in [1.165, 1.54) is 0 Å². The molecule has 0 aliphatic carbocycles. The number of rotatable bonds is 5. The molecule has 5 heteroatoms. The first kappa shape index (κ1) is 15.6. The van der Waals surface area contributed by atoms with Gasteiger partial charge in [0.1, 0.15) is 5.75 Å². The second kappa shape index (κ2) is 7.31. The molecule has 2 aromatic rings. The largest absolute Gasteiger partial charge is 0.483 e. The fourth-order valence-corrected chi connectivity index (χ4v) is 3.07. The number of para-hydroxylation sites is 1. The van der Waals surface area contributed by atoms with E-state index >= 15 is 0 Å². The predicted molar refractivity (Wildman–Crippen MR) is 88.4 cm³/mol. The van der Waals surface area contributed by atoms with Gasteiger partial charge >= 0.3 is 0 Å². The minimum absolute atomic E-state index is 0.0694. The average molecular weight is 313 g/mol. The molecule has 1 fully saturated rings. The minimum Gasteiger partial charge on any atom is -0.483 e. The van der Waals surface area contributed by atoms with E-state index in [4.69, 9.17) is 4.74 Å². The van der Waals surface area contributed by atoms with Crippen LogP contribution in [-0.2, 0) is 11.2 Å². The molecule has 0 spiro atoms. The summed E-state index contributed by atoms with van der Waals surface area (Å²) in [4.78, 5) is 18.3. The van der Waals surface area contributed by atoms with Gasteiger partial charge < -0.3 is 14.2 Å². The number of likely N-dealkylation sites (tertiary alicyclic amines) is 1. The van der Waals surface area contributed by atoms with E-state index in [-0.39, 0.29) is 12.5 Å². The SMILES string of the molecule is CCc1ccccc1OCC(=O)N1CCC(n2ccnc2)CC1. The average Bonchev–Trinajstić information content (AvgIpc) is 3.14. The molecule has 1 saturated heterocycles. The number of aromatic nitrogens is 2. The van der Waals surface area contributed by atoms with Crippen molar-refractivity contribution in [3.63, 3.8) is 0 Å².